The highest BCUT2D eigenvalue weighted by Gasteiger charge is 2.59. The molecule has 3 saturated heterocycles. The summed E-state index contributed by atoms with van der Waals surface area (Å²) in [5.41, 5.74) is 1.76. The molecule has 28 heavy (non-hydrogen) atoms. The van der Waals surface area contributed by atoms with Crippen LogP contribution in [-0.2, 0) is 16.1 Å². The van der Waals surface area contributed by atoms with Gasteiger partial charge in [-0.05, 0) is 31.4 Å². The highest BCUT2D eigenvalue weighted by molar-refractivity contribution is 5.87. The number of carbonyl (C=O) groups is 2. The minimum atomic E-state index is -0.445. The number of pyridine rings is 1. The Morgan fingerprint density at radius 2 is 1.89 bits per heavy atom. The second-order valence-electron chi connectivity index (χ2n) is 9.22. The fourth-order valence-electron chi connectivity index (χ4n) is 5.18. The zero-order valence-electron chi connectivity index (χ0n) is 17.4. The summed E-state index contributed by atoms with van der Waals surface area (Å²) in [5, 5.41) is 0. The van der Waals surface area contributed by atoms with E-state index in [9.17, 15) is 9.59 Å². The number of hydrogen-bond acceptors (Lipinski definition) is 4. The summed E-state index contributed by atoms with van der Waals surface area (Å²) in [7, 11) is 0. The standard InChI is InChI=1S/C22H32N4O2/c1-16(2)20(27)26-12-18-11-24(13-19-7-6-17(3)10-23-19)14-22(18,15-26)21(28)25-8-4-5-9-25/h6-7,10,16,18H,4-5,8-9,11-15H2,1-3H3/t18-,22-/m1/s1. The molecule has 2 atom stereocenters. The third kappa shape index (κ3) is 3.43. The third-order valence-electron chi connectivity index (χ3n) is 6.66. The first kappa shape index (κ1) is 19.4. The maximum absolute atomic E-state index is 13.6. The molecule has 3 fully saturated rings. The zero-order chi connectivity index (χ0) is 19.9. The van der Waals surface area contributed by atoms with Gasteiger partial charge in [0.2, 0.25) is 11.8 Å². The van der Waals surface area contributed by atoms with Crippen LogP contribution in [-0.4, -0.2) is 70.8 Å². The quantitative estimate of drug-likeness (QED) is 0.796. The number of aromatic nitrogens is 1. The molecule has 0 spiro atoms. The first-order valence-electron chi connectivity index (χ1n) is 10.6. The van der Waals surface area contributed by atoms with Crippen LogP contribution in [0.1, 0.15) is 37.9 Å². The van der Waals surface area contributed by atoms with Crippen molar-refractivity contribution in [3.63, 3.8) is 0 Å². The number of hydrogen-bond donors (Lipinski definition) is 0. The predicted molar refractivity (Wildman–Crippen MR) is 107 cm³/mol. The molecule has 152 valence electrons. The molecule has 3 aliphatic heterocycles. The van der Waals surface area contributed by atoms with E-state index in [0.29, 0.717) is 13.1 Å². The molecule has 1 aromatic heterocycles. The maximum Gasteiger partial charge on any atom is 0.232 e. The molecular weight excluding hydrogens is 352 g/mol. The fraction of sp³-hybridized carbons (Fsp3) is 0.682. The Balaban J connectivity index is 1.54. The van der Waals surface area contributed by atoms with Crippen LogP contribution in [0.3, 0.4) is 0 Å². The summed E-state index contributed by atoms with van der Waals surface area (Å²) in [6.07, 6.45) is 4.09. The lowest BCUT2D eigenvalue weighted by Gasteiger charge is -2.32. The molecule has 0 radical (unpaired) electrons. The number of amides is 2. The van der Waals surface area contributed by atoms with Crippen LogP contribution in [0.15, 0.2) is 18.3 Å². The first-order chi connectivity index (χ1) is 13.4. The highest BCUT2D eigenvalue weighted by Crippen LogP contribution is 2.45. The number of carbonyl (C=O) groups excluding carboxylic acids is 2. The molecule has 0 N–H and O–H groups in total. The predicted octanol–water partition coefficient (Wildman–Crippen LogP) is 1.93. The van der Waals surface area contributed by atoms with E-state index < -0.39 is 5.41 Å². The van der Waals surface area contributed by atoms with Gasteiger partial charge in [0.15, 0.2) is 0 Å². The average Bonchev–Trinajstić information content (AvgIpc) is 3.37. The van der Waals surface area contributed by atoms with E-state index in [0.717, 1.165) is 56.8 Å². The van der Waals surface area contributed by atoms with Gasteiger partial charge in [-0.3, -0.25) is 19.5 Å². The van der Waals surface area contributed by atoms with Gasteiger partial charge in [0.05, 0.1) is 11.1 Å². The highest BCUT2D eigenvalue weighted by atomic mass is 16.2. The van der Waals surface area contributed by atoms with Crippen LogP contribution in [0.25, 0.3) is 0 Å². The molecule has 6 heteroatoms. The molecule has 0 bridgehead atoms. The Morgan fingerprint density at radius 3 is 2.54 bits per heavy atom. The molecule has 0 unspecified atom stereocenters. The summed E-state index contributed by atoms with van der Waals surface area (Å²) in [6.45, 7) is 11.3. The summed E-state index contributed by atoms with van der Waals surface area (Å²) < 4.78 is 0. The Morgan fingerprint density at radius 1 is 1.14 bits per heavy atom. The molecule has 0 aromatic carbocycles. The van der Waals surface area contributed by atoms with E-state index in [4.69, 9.17) is 0 Å². The van der Waals surface area contributed by atoms with Crippen molar-refractivity contribution in [2.45, 2.75) is 40.2 Å². The minimum Gasteiger partial charge on any atom is -0.342 e. The molecule has 1 aromatic rings. The summed E-state index contributed by atoms with van der Waals surface area (Å²) in [5.74, 6) is 0.641. The van der Waals surface area contributed by atoms with Crippen molar-refractivity contribution in [2.24, 2.45) is 17.3 Å². The third-order valence-corrected chi connectivity index (χ3v) is 6.66. The van der Waals surface area contributed by atoms with E-state index in [1.165, 1.54) is 0 Å². The maximum atomic E-state index is 13.6. The second-order valence-corrected chi connectivity index (χ2v) is 9.22. The Labute approximate surface area is 167 Å². The lowest BCUT2D eigenvalue weighted by atomic mass is 9.79. The van der Waals surface area contributed by atoms with Crippen LogP contribution in [0.2, 0.25) is 0 Å². The molecule has 3 aliphatic rings. The van der Waals surface area contributed by atoms with Gasteiger partial charge in [-0.1, -0.05) is 19.9 Å². The number of aryl methyl sites for hydroxylation is 1. The van der Waals surface area contributed by atoms with Gasteiger partial charge in [0, 0.05) is 63.8 Å². The number of likely N-dealkylation sites (tertiary alicyclic amines) is 3. The van der Waals surface area contributed by atoms with Gasteiger partial charge in [0.1, 0.15) is 0 Å². The van der Waals surface area contributed by atoms with Gasteiger partial charge < -0.3 is 9.80 Å². The molecule has 4 heterocycles. The Kier molecular flexibility index (Phi) is 5.17. The SMILES string of the molecule is Cc1ccc(CN2C[C@@H]3CN(C(=O)C(C)C)C[C@]3(C(=O)N3CCCC3)C2)nc1. The Hall–Kier alpha value is -1.95. The lowest BCUT2D eigenvalue weighted by Crippen LogP contribution is -2.49. The van der Waals surface area contributed by atoms with Crippen molar-refractivity contribution in [3.8, 4) is 0 Å². The Bertz CT molecular complexity index is 741. The normalized spacial score (nSPS) is 27.6. The smallest absolute Gasteiger partial charge is 0.232 e. The molecule has 4 rings (SSSR count). The largest absolute Gasteiger partial charge is 0.342 e. The molecule has 0 aliphatic carbocycles. The van der Waals surface area contributed by atoms with Crippen LogP contribution in [0.5, 0.6) is 0 Å². The average molecular weight is 385 g/mol. The second kappa shape index (κ2) is 7.47. The number of rotatable bonds is 4. The van der Waals surface area contributed by atoms with Gasteiger partial charge >= 0.3 is 0 Å². The summed E-state index contributed by atoms with van der Waals surface area (Å²) in [6, 6.07) is 4.17. The molecule has 0 saturated carbocycles. The topological polar surface area (TPSA) is 56.8 Å². The van der Waals surface area contributed by atoms with Gasteiger partial charge in [-0.15, -0.1) is 0 Å². The van der Waals surface area contributed by atoms with Gasteiger partial charge in [-0.25, -0.2) is 0 Å². The van der Waals surface area contributed by atoms with Crippen molar-refractivity contribution >= 4 is 11.8 Å². The van der Waals surface area contributed by atoms with Crippen LogP contribution in [0, 0.1) is 24.2 Å². The zero-order valence-corrected chi connectivity index (χ0v) is 17.4. The lowest BCUT2D eigenvalue weighted by molar-refractivity contribution is -0.142. The van der Waals surface area contributed by atoms with E-state index in [1.54, 1.807) is 0 Å². The van der Waals surface area contributed by atoms with E-state index in [2.05, 4.69) is 22.0 Å². The van der Waals surface area contributed by atoms with E-state index in [-0.39, 0.29) is 23.7 Å². The summed E-state index contributed by atoms with van der Waals surface area (Å²) >= 11 is 0. The van der Waals surface area contributed by atoms with Crippen molar-refractivity contribution in [2.75, 3.05) is 39.3 Å². The van der Waals surface area contributed by atoms with Crippen molar-refractivity contribution in [1.29, 1.82) is 0 Å². The van der Waals surface area contributed by atoms with Gasteiger partial charge in [-0.2, -0.15) is 0 Å². The fourth-order valence-corrected chi connectivity index (χ4v) is 5.18. The van der Waals surface area contributed by atoms with Crippen molar-refractivity contribution in [1.82, 2.24) is 19.7 Å². The van der Waals surface area contributed by atoms with Crippen LogP contribution >= 0.6 is 0 Å². The number of fused-ring (bicyclic) bond motifs is 1. The first-order valence-corrected chi connectivity index (χ1v) is 10.6. The van der Waals surface area contributed by atoms with Crippen molar-refractivity contribution in [3.05, 3.63) is 29.6 Å². The van der Waals surface area contributed by atoms with E-state index >= 15 is 0 Å². The van der Waals surface area contributed by atoms with Gasteiger partial charge in [0.25, 0.3) is 0 Å². The number of nitrogens with zero attached hydrogens (tertiary/aromatic N) is 4. The summed E-state index contributed by atoms with van der Waals surface area (Å²) in [4.78, 5) is 37.1. The van der Waals surface area contributed by atoms with Crippen molar-refractivity contribution < 1.29 is 9.59 Å². The monoisotopic (exact) mass is 384 g/mol. The molecule has 2 amide bonds. The molecular formula is C22H32N4O2. The van der Waals surface area contributed by atoms with Crippen LogP contribution in [0.4, 0.5) is 0 Å². The molecule has 6 nitrogen and oxygen atoms in total. The van der Waals surface area contributed by atoms with Crippen LogP contribution < -0.4 is 0 Å². The minimum absolute atomic E-state index is 0.0226. The van der Waals surface area contributed by atoms with E-state index in [1.807, 2.05) is 36.8 Å².